The van der Waals surface area contributed by atoms with Crippen molar-refractivity contribution >= 4 is 34.0 Å². The second kappa shape index (κ2) is 7.49. The van der Waals surface area contributed by atoms with Crippen molar-refractivity contribution in [2.24, 2.45) is 0 Å². The average molecular weight is 334 g/mol. The van der Waals surface area contributed by atoms with E-state index in [1.807, 2.05) is 42.5 Å². The summed E-state index contributed by atoms with van der Waals surface area (Å²) in [6.07, 6.45) is 0. The highest BCUT2D eigenvalue weighted by molar-refractivity contribution is 5.96. The molecule has 0 saturated carbocycles. The van der Waals surface area contributed by atoms with Gasteiger partial charge in [0.15, 0.2) is 0 Å². The Bertz CT molecular complexity index is 904. The Kier molecular flexibility index (Phi) is 4.95. The van der Waals surface area contributed by atoms with Gasteiger partial charge >= 0.3 is 5.97 Å². The second-order valence-electron chi connectivity index (χ2n) is 5.53. The van der Waals surface area contributed by atoms with Gasteiger partial charge in [-0.2, -0.15) is 0 Å². The smallest absolute Gasteiger partial charge is 0.337 e. The van der Waals surface area contributed by atoms with E-state index in [4.69, 9.17) is 0 Å². The molecule has 2 N–H and O–H groups in total. The van der Waals surface area contributed by atoms with Crippen LogP contribution in [0.1, 0.15) is 10.4 Å². The van der Waals surface area contributed by atoms with E-state index in [1.165, 1.54) is 7.11 Å². The van der Waals surface area contributed by atoms with Crippen molar-refractivity contribution in [1.29, 1.82) is 0 Å². The van der Waals surface area contributed by atoms with Crippen molar-refractivity contribution in [3.05, 3.63) is 72.3 Å². The molecule has 126 valence electrons. The number of carbonyl (C=O) groups excluding carboxylic acids is 2. The van der Waals surface area contributed by atoms with Crippen molar-refractivity contribution in [2.75, 3.05) is 24.3 Å². The number of hydrogen-bond donors (Lipinski definition) is 2. The highest BCUT2D eigenvalue weighted by Crippen LogP contribution is 2.18. The first-order valence-electron chi connectivity index (χ1n) is 7.86. The van der Waals surface area contributed by atoms with Gasteiger partial charge in [-0.25, -0.2) is 4.79 Å². The molecule has 3 aromatic rings. The molecule has 0 radical (unpaired) electrons. The van der Waals surface area contributed by atoms with Crippen LogP contribution in [0.4, 0.5) is 11.4 Å². The van der Waals surface area contributed by atoms with Gasteiger partial charge in [0.05, 0.1) is 19.2 Å². The summed E-state index contributed by atoms with van der Waals surface area (Å²) in [5, 5.41) is 8.09. The highest BCUT2D eigenvalue weighted by Gasteiger charge is 2.06. The largest absolute Gasteiger partial charge is 0.465 e. The monoisotopic (exact) mass is 334 g/mol. The zero-order chi connectivity index (χ0) is 17.6. The highest BCUT2D eigenvalue weighted by atomic mass is 16.5. The molecule has 0 aliphatic carbocycles. The summed E-state index contributed by atoms with van der Waals surface area (Å²) in [5.74, 6) is -0.534. The third-order valence-electron chi connectivity index (χ3n) is 3.79. The van der Waals surface area contributed by atoms with E-state index in [1.54, 1.807) is 24.3 Å². The van der Waals surface area contributed by atoms with Gasteiger partial charge in [-0.3, -0.25) is 4.79 Å². The molecule has 5 heteroatoms. The molecule has 0 bridgehead atoms. The fourth-order valence-electron chi connectivity index (χ4n) is 2.50. The van der Waals surface area contributed by atoms with E-state index in [9.17, 15) is 9.59 Å². The van der Waals surface area contributed by atoms with Crippen molar-refractivity contribution in [2.45, 2.75) is 0 Å². The number of anilines is 2. The lowest BCUT2D eigenvalue weighted by Crippen LogP contribution is -2.21. The molecular formula is C20H18N2O3. The van der Waals surface area contributed by atoms with Crippen LogP contribution in [0.15, 0.2) is 66.7 Å². The minimum atomic E-state index is -0.388. The Balaban J connectivity index is 1.57. The fraction of sp³-hybridized carbons (Fsp3) is 0.100. The van der Waals surface area contributed by atoms with E-state index in [0.717, 1.165) is 22.1 Å². The lowest BCUT2D eigenvalue weighted by atomic mass is 10.1. The topological polar surface area (TPSA) is 67.4 Å². The number of rotatable bonds is 5. The molecule has 0 spiro atoms. The number of amides is 1. The van der Waals surface area contributed by atoms with Gasteiger partial charge in [-0.1, -0.05) is 30.3 Å². The molecule has 0 saturated heterocycles. The zero-order valence-corrected chi connectivity index (χ0v) is 13.8. The molecular weight excluding hydrogens is 316 g/mol. The first-order valence-corrected chi connectivity index (χ1v) is 7.86. The lowest BCUT2D eigenvalue weighted by molar-refractivity contribution is -0.114. The van der Waals surface area contributed by atoms with Crippen LogP contribution in [-0.4, -0.2) is 25.5 Å². The molecule has 0 unspecified atom stereocenters. The summed E-state index contributed by atoms with van der Waals surface area (Å²) >= 11 is 0. The van der Waals surface area contributed by atoms with Gasteiger partial charge in [-0.05, 0) is 47.2 Å². The van der Waals surface area contributed by atoms with Gasteiger partial charge in [0.1, 0.15) is 0 Å². The minimum absolute atomic E-state index is 0.129. The van der Waals surface area contributed by atoms with E-state index >= 15 is 0 Å². The van der Waals surface area contributed by atoms with Gasteiger partial charge in [0.2, 0.25) is 5.91 Å². The van der Waals surface area contributed by atoms with Crippen molar-refractivity contribution in [3.8, 4) is 0 Å². The maximum absolute atomic E-state index is 12.1. The van der Waals surface area contributed by atoms with Crippen LogP contribution >= 0.6 is 0 Å². The predicted molar refractivity (Wildman–Crippen MR) is 98.8 cm³/mol. The number of methoxy groups -OCH3 is 1. The van der Waals surface area contributed by atoms with Crippen molar-refractivity contribution < 1.29 is 14.3 Å². The van der Waals surface area contributed by atoms with Gasteiger partial charge in [0.25, 0.3) is 0 Å². The van der Waals surface area contributed by atoms with Crippen LogP contribution in [-0.2, 0) is 9.53 Å². The molecule has 0 aliphatic heterocycles. The molecule has 0 heterocycles. The Morgan fingerprint density at radius 2 is 1.56 bits per heavy atom. The molecule has 0 aromatic heterocycles. The molecule has 5 nitrogen and oxygen atoms in total. The first kappa shape index (κ1) is 16.5. The minimum Gasteiger partial charge on any atom is -0.465 e. The Morgan fingerprint density at radius 1 is 0.880 bits per heavy atom. The van der Waals surface area contributed by atoms with Crippen LogP contribution in [0.5, 0.6) is 0 Å². The summed E-state index contributed by atoms with van der Waals surface area (Å²) in [6.45, 7) is 0.129. The Labute approximate surface area is 145 Å². The third kappa shape index (κ3) is 4.14. The molecule has 3 rings (SSSR count). The number of nitrogens with one attached hydrogen (secondary N) is 2. The molecule has 1 amide bonds. The summed E-state index contributed by atoms with van der Waals surface area (Å²) in [6, 6.07) is 20.5. The molecule has 0 atom stereocenters. The summed E-state index contributed by atoms with van der Waals surface area (Å²) in [5.41, 5.74) is 1.97. The lowest BCUT2D eigenvalue weighted by Gasteiger charge is -2.09. The van der Waals surface area contributed by atoms with Gasteiger partial charge in [-0.15, -0.1) is 0 Å². The number of esters is 1. The summed E-state index contributed by atoms with van der Waals surface area (Å²) in [7, 11) is 1.34. The predicted octanol–water partition coefficient (Wildman–Crippen LogP) is 3.68. The number of ether oxygens (including phenoxy) is 1. The third-order valence-corrected chi connectivity index (χ3v) is 3.79. The molecule has 0 aliphatic rings. The summed E-state index contributed by atoms with van der Waals surface area (Å²) < 4.78 is 4.65. The Morgan fingerprint density at radius 3 is 2.28 bits per heavy atom. The first-order chi connectivity index (χ1) is 12.2. The number of benzene rings is 3. The van der Waals surface area contributed by atoms with Gasteiger partial charge in [0, 0.05) is 11.4 Å². The van der Waals surface area contributed by atoms with E-state index in [0.29, 0.717) is 5.56 Å². The van der Waals surface area contributed by atoms with Crippen molar-refractivity contribution in [3.63, 3.8) is 0 Å². The number of carbonyl (C=O) groups is 2. The SMILES string of the molecule is COC(=O)c1ccc(NCC(=O)Nc2ccc3ccccc3c2)cc1. The van der Waals surface area contributed by atoms with Gasteiger partial charge < -0.3 is 15.4 Å². The van der Waals surface area contributed by atoms with Crippen molar-refractivity contribution in [1.82, 2.24) is 0 Å². The number of fused-ring (bicyclic) bond motifs is 1. The average Bonchev–Trinajstić information content (AvgIpc) is 2.66. The Hall–Kier alpha value is -3.34. The number of hydrogen-bond acceptors (Lipinski definition) is 4. The zero-order valence-electron chi connectivity index (χ0n) is 13.8. The molecule has 25 heavy (non-hydrogen) atoms. The van der Waals surface area contributed by atoms with Crippen LogP contribution in [0.2, 0.25) is 0 Å². The van der Waals surface area contributed by atoms with E-state index < -0.39 is 0 Å². The quantitative estimate of drug-likeness (QED) is 0.699. The second-order valence-corrected chi connectivity index (χ2v) is 5.53. The maximum Gasteiger partial charge on any atom is 0.337 e. The maximum atomic E-state index is 12.1. The molecule has 0 fully saturated rings. The summed E-state index contributed by atoms with van der Waals surface area (Å²) in [4.78, 5) is 23.5. The van der Waals surface area contributed by atoms with E-state index in [-0.39, 0.29) is 18.4 Å². The normalized spacial score (nSPS) is 10.3. The van der Waals surface area contributed by atoms with Crippen LogP contribution < -0.4 is 10.6 Å². The van der Waals surface area contributed by atoms with Crippen LogP contribution in [0, 0.1) is 0 Å². The standard InChI is InChI=1S/C20H18N2O3/c1-25-20(24)15-7-9-17(10-8-15)21-13-19(23)22-18-11-6-14-4-2-3-5-16(14)12-18/h2-12,21H,13H2,1H3,(H,22,23). The fourth-order valence-corrected chi connectivity index (χ4v) is 2.50. The molecule has 3 aromatic carbocycles. The van der Waals surface area contributed by atoms with E-state index in [2.05, 4.69) is 15.4 Å². The van der Waals surface area contributed by atoms with Crippen LogP contribution in [0.3, 0.4) is 0 Å². The van der Waals surface area contributed by atoms with Crippen LogP contribution in [0.25, 0.3) is 10.8 Å².